The van der Waals surface area contributed by atoms with Crippen molar-refractivity contribution in [3.05, 3.63) is 34.9 Å². The Morgan fingerprint density at radius 2 is 2.00 bits per heavy atom. The van der Waals surface area contributed by atoms with Gasteiger partial charge in [0.05, 0.1) is 0 Å². The van der Waals surface area contributed by atoms with Crippen LogP contribution in [0.2, 0.25) is 0 Å². The van der Waals surface area contributed by atoms with Gasteiger partial charge in [-0.15, -0.1) is 0 Å². The topological polar surface area (TPSA) is 24.1 Å². The molecule has 0 fully saturated rings. The molecule has 0 aromatic heterocycles. The summed E-state index contributed by atoms with van der Waals surface area (Å²) >= 11 is 0. The fourth-order valence-corrected chi connectivity index (χ4v) is 1.59. The molecule has 1 atom stereocenters. The zero-order valence-corrected chi connectivity index (χ0v) is 10.6. The summed E-state index contributed by atoms with van der Waals surface area (Å²) in [4.78, 5) is 0. The summed E-state index contributed by atoms with van der Waals surface area (Å²) < 4.78 is 27.1. The van der Waals surface area contributed by atoms with E-state index in [1.165, 1.54) is 12.1 Å². The van der Waals surface area contributed by atoms with E-state index in [1.807, 2.05) is 13.8 Å². The standard InChI is InChI=1S/C13H20F2N2/c1-4-16-7-10(3)17-8-11-12(14)6-5-9(2)13(11)15/h5-6,10,16-17H,4,7-8H2,1-3H3. The minimum Gasteiger partial charge on any atom is -0.315 e. The van der Waals surface area contributed by atoms with E-state index in [9.17, 15) is 8.78 Å². The van der Waals surface area contributed by atoms with Crippen LogP contribution in [0.5, 0.6) is 0 Å². The predicted molar refractivity (Wildman–Crippen MR) is 65.9 cm³/mol. The number of rotatable bonds is 6. The van der Waals surface area contributed by atoms with Crippen LogP contribution in [-0.2, 0) is 6.54 Å². The molecule has 0 spiro atoms. The van der Waals surface area contributed by atoms with Crippen molar-refractivity contribution in [1.82, 2.24) is 10.6 Å². The first-order valence-corrected chi connectivity index (χ1v) is 5.93. The molecule has 0 bridgehead atoms. The van der Waals surface area contributed by atoms with E-state index in [0.717, 1.165) is 13.1 Å². The molecule has 0 aliphatic carbocycles. The van der Waals surface area contributed by atoms with Gasteiger partial charge in [-0.1, -0.05) is 13.0 Å². The van der Waals surface area contributed by atoms with Gasteiger partial charge in [0.15, 0.2) is 0 Å². The zero-order chi connectivity index (χ0) is 12.8. The number of halogens is 2. The summed E-state index contributed by atoms with van der Waals surface area (Å²) in [5, 5.41) is 6.27. The van der Waals surface area contributed by atoms with Crippen LogP contribution < -0.4 is 10.6 Å². The lowest BCUT2D eigenvalue weighted by atomic mass is 10.1. The van der Waals surface area contributed by atoms with Crippen molar-refractivity contribution < 1.29 is 8.78 Å². The fourth-order valence-electron chi connectivity index (χ4n) is 1.59. The Balaban J connectivity index is 2.60. The van der Waals surface area contributed by atoms with E-state index >= 15 is 0 Å². The van der Waals surface area contributed by atoms with E-state index in [4.69, 9.17) is 0 Å². The predicted octanol–water partition coefficient (Wildman–Crippen LogP) is 2.36. The van der Waals surface area contributed by atoms with E-state index in [1.54, 1.807) is 6.92 Å². The Kier molecular flexibility index (Phi) is 5.51. The highest BCUT2D eigenvalue weighted by atomic mass is 19.1. The third-order valence-corrected chi connectivity index (χ3v) is 2.71. The molecule has 2 nitrogen and oxygen atoms in total. The van der Waals surface area contributed by atoms with Crippen molar-refractivity contribution in [2.75, 3.05) is 13.1 Å². The van der Waals surface area contributed by atoms with Gasteiger partial charge in [0.25, 0.3) is 0 Å². The maximum absolute atomic E-state index is 13.7. The van der Waals surface area contributed by atoms with E-state index in [2.05, 4.69) is 10.6 Å². The summed E-state index contributed by atoms with van der Waals surface area (Å²) in [5.74, 6) is -0.940. The van der Waals surface area contributed by atoms with Gasteiger partial charge in [0.1, 0.15) is 11.6 Å². The van der Waals surface area contributed by atoms with Crippen LogP contribution >= 0.6 is 0 Å². The highest BCUT2D eigenvalue weighted by Crippen LogP contribution is 2.16. The Hall–Kier alpha value is -1.00. The molecular weight excluding hydrogens is 222 g/mol. The lowest BCUT2D eigenvalue weighted by Crippen LogP contribution is -2.36. The van der Waals surface area contributed by atoms with Gasteiger partial charge in [-0.05, 0) is 32.0 Å². The van der Waals surface area contributed by atoms with Crippen molar-refractivity contribution in [3.63, 3.8) is 0 Å². The molecule has 0 aliphatic heterocycles. The lowest BCUT2D eigenvalue weighted by molar-refractivity contribution is 0.479. The van der Waals surface area contributed by atoms with E-state index in [0.29, 0.717) is 5.56 Å². The van der Waals surface area contributed by atoms with Crippen molar-refractivity contribution in [2.24, 2.45) is 0 Å². The molecule has 0 amide bonds. The normalized spacial score (nSPS) is 12.8. The molecule has 2 N–H and O–H groups in total. The lowest BCUT2D eigenvalue weighted by Gasteiger charge is -2.15. The van der Waals surface area contributed by atoms with Crippen LogP contribution in [0.15, 0.2) is 12.1 Å². The second-order valence-corrected chi connectivity index (χ2v) is 4.25. The van der Waals surface area contributed by atoms with Gasteiger partial charge in [-0.3, -0.25) is 0 Å². The number of hydrogen-bond acceptors (Lipinski definition) is 2. The molecule has 4 heteroatoms. The van der Waals surface area contributed by atoms with Crippen molar-refractivity contribution in [2.45, 2.75) is 33.4 Å². The fraction of sp³-hybridized carbons (Fsp3) is 0.538. The van der Waals surface area contributed by atoms with Crippen molar-refractivity contribution >= 4 is 0 Å². The van der Waals surface area contributed by atoms with Crippen LogP contribution in [0, 0.1) is 18.6 Å². The summed E-state index contributed by atoms with van der Waals surface area (Å²) in [6.07, 6.45) is 0. The van der Waals surface area contributed by atoms with Gasteiger partial charge in [0.2, 0.25) is 0 Å². The Morgan fingerprint density at radius 1 is 1.29 bits per heavy atom. The molecule has 0 saturated carbocycles. The van der Waals surface area contributed by atoms with Gasteiger partial charge in [-0.2, -0.15) is 0 Å². The number of nitrogens with one attached hydrogen (secondary N) is 2. The SMILES string of the molecule is CCNCC(C)NCc1c(F)ccc(C)c1F. The highest BCUT2D eigenvalue weighted by Gasteiger charge is 2.11. The molecule has 1 aromatic rings. The van der Waals surface area contributed by atoms with Crippen LogP contribution in [0.3, 0.4) is 0 Å². The van der Waals surface area contributed by atoms with Gasteiger partial charge >= 0.3 is 0 Å². The second kappa shape index (κ2) is 6.67. The highest BCUT2D eigenvalue weighted by molar-refractivity contribution is 5.26. The smallest absolute Gasteiger partial charge is 0.133 e. The van der Waals surface area contributed by atoms with Crippen LogP contribution in [0.4, 0.5) is 8.78 Å². The molecule has 1 rings (SSSR count). The molecule has 96 valence electrons. The van der Waals surface area contributed by atoms with Crippen LogP contribution in [0.1, 0.15) is 25.0 Å². The van der Waals surface area contributed by atoms with Crippen LogP contribution in [0.25, 0.3) is 0 Å². The van der Waals surface area contributed by atoms with Crippen LogP contribution in [-0.4, -0.2) is 19.1 Å². The maximum Gasteiger partial charge on any atom is 0.133 e. The van der Waals surface area contributed by atoms with Crippen molar-refractivity contribution in [3.8, 4) is 0 Å². The molecule has 0 saturated heterocycles. The average Bonchev–Trinajstić information content (AvgIpc) is 2.31. The first-order chi connectivity index (χ1) is 8.06. The first-order valence-electron chi connectivity index (χ1n) is 5.93. The van der Waals surface area contributed by atoms with E-state index < -0.39 is 11.6 Å². The van der Waals surface area contributed by atoms with Gasteiger partial charge in [-0.25, -0.2) is 8.78 Å². The minimum atomic E-state index is -0.490. The molecule has 0 aliphatic rings. The third-order valence-electron chi connectivity index (χ3n) is 2.71. The maximum atomic E-state index is 13.7. The molecule has 1 unspecified atom stereocenters. The number of benzene rings is 1. The summed E-state index contributed by atoms with van der Waals surface area (Å²) in [6, 6.07) is 2.94. The zero-order valence-electron chi connectivity index (χ0n) is 10.6. The molecule has 0 heterocycles. The second-order valence-electron chi connectivity index (χ2n) is 4.25. The molecular formula is C13H20F2N2. The van der Waals surface area contributed by atoms with Crippen molar-refractivity contribution in [1.29, 1.82) is 0 Å². The Labute approximate surface area is 101 Å². The summed E-state index contributed by atoms with van der Waals surface area (Å²) in [5.41, 5.74) is 0.593. The van der Waals surface area contributed by atoms with Gasteiger partial charge < -0.3 is 10.6 Å². The third kappa shape index (κ3) is 4.06. The number of aryl methyl sites for hydroxylation is 1. The molecule has 17 heavy (non-hydrogen) atoms. The number of hydrogen-bond donors (Lipinski definition) is 2. The average molecular weight is 242 g/mol. The Morgan fingerprint density at radius 3 is 2.65 bits per heavy atom. The Bertz CT molecular complexity index is 367. The summed E-state index contributed by atoms with van der Waals surface area (Å²) in [6.45, 7) is 7.53. The van der Waals surface area contributed by atoms with E-state index in [-0.39, 0.29) is 18.2 Å². The monoisotopic (exact) mass is 242 g/mol. The summed E-state index contributed by atoms with van der Waals surface area (Å²) in [7, 11) is 0. The first kappa shape index (κ1) is 14.1. The molecule has 0 radical (unpaired) electrons. The molecule has 1 aromatic carbocycles. The number of likely N-dealkylation sites (N-methyl/N-ethyl adjacent to an activating group) is 1. The quantitative estimate of drug-likeness (QED) is 0.800. The minimum absolute atomic E-state index is 0.119. The van der Waals surface area contributed by atoms with Gasteiger partial charge in [0, 0.05) is 24.7 Å². The largest absolute Gasteiger partial charge is 0.315 e.